The molecular formula is C29H39N5O4. The van der Waals surface area contributed by atoms with Crippen LogP contribution in [0.25, 0.3) is 5.69 Å². The standard InChI is InChI=1S/C29H39N5O4/c1-8-9-16-33(28(36)30-23-15-14-22(37-6)17-24(23)38-7)19-27(35)31-26-18-25(29(3,4)5)32-34(26)21-12-10-20(2)11-13-21/h10-15,17-18H,8-9,16,19H2,1-7H3,(H,30,36)(H,31,35). The topological polar surface area (TPSA) is 97.7 Å². The van der Waals surface area contributed by atoms with E-state index in [1.807, 2.05) is 44.2 Å². The normalized spacial score (nSPS) is 11.1. The maximum Gasteiger partial charge on any atom is 0.322 e. The first-order chi connectivity index (χ1) is 18.0. The van der Waals surface area contributed by atoms with E-state index in [9.17, 15) is 9.59 Å². The molecule has 0 fully saturated rings. The molecule has 0 aliphatic heterocycles. The summed E-state index contributed by atoms with van der Waals surface area (Å²) >= 11 is 0. The molecule has 0 bridgehead atoms. The molecule has 3 rings (SSSR count). The summed E-state index contributed by atoms with van der Waals surface area (Å²) in [6.45, 7) is 10.6. The van der Waals surface area contributed by atoms with Gasteiger partial charge in [0.15, 0.2) is 0 Å². The summed E-state index contributed by atoms with van der Waals surface area (Å²) in [4.78, 5) is 27.9. The van der Waals surface area contributed by atoms with Gasteiger partial charge in [-0.25, -0.2) is 9.48 Å². The molecule has 0 spiro atoms. The average molecular weight is 522 g/mol. The summed E-state index contributed by atoms with van der Waals surface area (Å²) < 4.78 is 12.4. The van der Waals surface area contributed by atoms with Crippen molar-refractivity contribution in [1.29, 1.82) is 0 Å². The number of urea groups is 1. The quantitative estimate of drug-likeness (QED) is 0.353. The van der Waals surface area contributed by atoms with Crippen LogP contribution in [0.1, 0.15) is 51.8 Å². The zero-order valence-corrected chi connectivity index (χ0v) is 23.4. The average Bonchev–Trinajstić information content (AvgIpc) is 3.31. The number of hydrogen-bond acceptors (Lipinski definition) is 5. The van der Waals surface area contributed by atoms with Crippen molar-refractivity contribution in [2.45, 2.75) is 52.9 Å². The number of nitrogens with zero attached hydrogens (tertiary/aromatic N) is 3. The maximum absolute atomic E-state index is 13.2. The van der Waals surface area contributed by atoms with E-state index in [0.29, 0.717) is 29.5 Å². The lowest BCUT2D eigenvalue weighted by molar-refractivity contribution is -0.116. The number of hydrogen-bond donors (Lipinski definition) is 2. The minimum Gasteiger partial charge on any atom is -0.497 e. The highest BCUT2D eigenvalue weighted by Gasteiger charge is 2.23. The Bertz CT molecular complexity index is 1240. The van der Waals surface area contributed by atoms with E-state index in [1.54, 1.807) is 30.0 Å². The molecule has 3 amide bonds. The number of aryl methyl sites for hydroxylation is 1. The molecule has 0 unspecified atom stereocenters. The van der Waals surface area contributed by atoms with Crippen LogP contribution in [0.4, 0.5) is 16.3 Å². The monoisotopic (exact) mass is 521 g/mol. The van der Waals surface area contributed by atoms with Gasteiger partial charge in [-0.15, -0.1) is 0 Å². The van der Waals surface area contributed by atoms with Gasteiger partial charge in [-0.05, 0) is 37.6 Å². The van der Waals surface area contributed by atoms with Gasteiger partial charge in [-0.1, -0.05) is 51.8 Å². The van der Waals surface area contributed by atoms with Crippen LogP contribution in [-0.4, -0.2) is 53.9 Å². The Kier molecular flexibility index (Phi) is 9.39. The minimum absolute atomic E-state index is 0.117. The van der Waals surface area contributed by atoms with E-state index < -0.39 is 0 Å². The van der Waals surface area contributed by atoms with Crippen LogP contribution in [0.5, 0.6) is 11.5 Å². The fourth-order valence-electron chi connectivity index (χ4n) is 3.77. The van der Waals surface area contributed by atoms with Crippen LogP contribution < -0.4 is 20.1 Å². The predicted molar refractivity (Wildman–Crippen MR) is 151 cm³/mol. The Morgan fingerprint density at radius 3 is 2.32 bits per heavy atom. The van der Waals surface area contributed by atoms with Gasteiger partial charge in [-0.2, -0.15) is 5.10 Å². The van der Waals surface area contributed by atoms with Gasteiger partial charge in [0, 0.05) is 24.1 Å². The predicted octanol–water partition coefficient (Wildman–Crippen LogP) is 5.77. The zero-order chi connectivity index (χ0) is 27.9. The highest BCUT2D eigenvalue weighted by atomic mass is 16.5. The van der Waals surface area contributed by atoms with Gasteiger partial charge >= 0.3 is 6.03 Å². The smallest absolute Gasteiger partial charge is 0.322 e. The van der Waals surface area contributed by atoms with Crippen molar-refractivity contribution in [1.82, 2.24) is 14.7 Å². The third kappa shape index (κ3) is 7.27. The van der Waals surface area contributed by atoms with E-state index in [0.717, 1.165) is 29.8 Å². The second-order valence-electron chi connectivity index (χ2n) is 10.2. The van der Waals surface area contributed by atoms with Crippen molar-refractivity contribution in [2.75, 3.05) is 37.9 Å². The van der Waals surface area contributed by atoms with E-state index in [2.05, 4.69) is 31.4 Å². The molecule has 1 aromatic heterocycles. The Hall–Kier alpha value is -4.01. The van der Waals surface area contributed by atoms with Crippen LogP contribution in [0, 0.1) is 6.92 Å². The molecule has 0 aliphatic rings. The number of benzene rings is 2. The van der Waals surface area contributed by atoms with Crippen molar-refractivity contribution in [2.24, 2.45) is 0 Å². The number of ether oxygens (including phenoxy) is 2. The fraction of sp³-hybridized carbons (Fsp3) is 0.414. The summed E-state index contributed by atoms with van der Waals surface area (Å²) in [7, 11) is 3.09. The molecule has 1 heterocycles. The summed E-state index contributed by atoms with van der Waals surface area (Å²) in [5.74, 6) is 1.32. The molecule has 2 N–H and O–H groups in total. The number of carbonyl (C=O) groups is 2. The van der Waals surface area contributed by atoms with Crippen LogP contribution >= 0.6 is 0 Å². The molecular weight excluding hydrogens is 482 g/mol. The number of unbranched alkanes of at least 4 members (excludes halogenated alkanes) is 1. The molecule has 0 atom stereocenters. The summed E-state index contributed by atoms with van der Waals surface area (Å²) in [5, 5.41) is 10.6. The highest BCUT2D eigenvalue weighted by Crippen LogP contribution is 2.29. The van der Waals surface area contributed by atoms with Gasteiger partial charge in [0.1, 0.15) is 23.9 Å². The molecule has 0 saturated carbocycles. The van der Waals surface area contributed by atoms with Crippen LogP contribution in [0.2, 0.25) is 0 Å². The number of aromatic nitrogens is 2. The second-order valence-corrected chi connectivity index (χ2v) is 10.2. The molecule has 0 saturated heterocycles. The molecule has 204 valence electrons. The van der Waals surface area contributed by atoms with Crippen molar-refractivity contribution in [3.05, 3.63) is 59.8 Å². The zero-order valence-electron chi connectivity index (χ0n) is 23.4. The lowest BCUT2D eigenvalue weighted by Crippen LogP contribution is -2.41. The van der Waals surface area contributed by atoms with E-state index in [4.69, 9.17) is 14.6 Å². The lowest BCUT2D eigenvalue weighted by atomic mass is 9.92. The van der Waals surface area contributed by atoms with Gasteiger partial charge in [0.05, 0.1) is 31.3 Å². The maximum atomic E-state index is 13.2. The second kappa shape index (κ2) is 12.5. The van der Waals surface area contributed by atoms with Crippen molar-refractivity contribution >= 4 is 23.4 Å². The Morgan fingerprint density at radius 1 is 1.00 bits per heavy atom. The van der Waals surface area contributed by atoms with Crippen molar-refractivity contribution < 1.29 is 19.1 Å². The van der Waals surface area contributed by atoms with Crippen molar-refractivity contribution in [3.8, 4) is 17.2 Å². The summed E-state index contributed by atoms with van der Waals surface area (Å²) in [5.41, 5.74) is 3.11. The molecule has 2 aromatic carbocycles. The molecule has 0 radical (unpaired) electrons. The molecule has 0 aliphatic carbocycles. The van der Waals surface area contributed by atoms with Gasteiger partial charge in [-0.3, -0.25) is 4.79 Å². The number of methoxy groups -OCH3 is 2. The van der Waals surface area contributed by atoms with Crippen LogP contribution in [0.15, 0.2) is 48.5 Å². The first-order valence-electron chi connectivity index (χ1n) is 12.8. The molecule has 38 heavy (non-hydrogen) atoms. The number of carbonyl (C=O) groups excluding carboxylic acids is 2. The van der Waals surface area contributed by atoms with Crippen LogP contribution in [-0.2, 0) is 10.2 Å². The van der Waals surface area contributed by atoms with Crippen LogP contribution in [0.3, 0.4) is 0 Å². The number of amides is 3. The molecule has 9 nitrogen and oxygen atoms in total. The number of nitrogens with one attached hydrogen (secondary N) is 2. The van der Waals surface area contributed by atoms with E-state index in [-0.39, 0.29) is 23.9 Å². The lowest BCUT2D eigenvalue weighted by Gasteiger charge is -2.23. The number of anilines is 2. The largest absolute Gasteiger partial charge is 0.497 e. The number of rotatable bonds is 10. The summed E-state index contributed by atoms with van der Waals surface area (Å²) in [6.07, 6.45) is 1.64. The van der Waals surface area contributed by atoms with E-state index in [1.165, 1.54) is 12.0 Å². The third-order valence-electron chi connectivity index (χ3n) is 6.08. The van der Waals surface area contributed by atoms with Gasteiger partial charge in [0.2, 0.25) is 5.91 Å². The van der Waals surface area contributed by atoms with Gasteiger partial charge in [0.25, 0.3) is 0 Å². The molecule has 9 heteroatoms. The SMILES string of the molecule is CCCCN(CC(=O)Nc1cc(C(C)(C)C)nn1-c1ccc(C)cc1)C(=O)Nc1ccc(OC)cc1OC. The first-order valence-corrected chi connectivity index (χ1v) is 12.8. The van der Waals surface area contributed by atoms with Crippen molar-refractivity contribution in [3.63, 3.8) is 0 Å². The van der Waals surface area contributed by atoms with Gasteiger partial charge < -0.3 is 25.0 Å². The Balaban J connectivity index is 1.81. The molecule has 3 aromatic rings. The van der Waals surface area contributed by atoms with E-state index >= 15 is 0 Å². The Labute approximate surface area is 225 Å². The summed E-state index contributed by atoms with van der Waals surface area (Å²) in [6, 6.07) is 14.6. The fourth-order valence-corrected chi connectivity index (χ4v) is 3.77. The minimum atomic E-state index is -0.389. The first kappa shape index (κ1) is 28.6. The third-order valence-corrected chi connectivity index (χ3v) is 6.08. The Morgan fingerprint density at radius 2 is 1.71 bits per heavy atom. The highest BCUT2D eigenvalue weighted by molar-refractivity contribution is 5.97.